The van der Waals surface area contributed by atoms with Crippen molar-refractivity contribution in [3.8, 4) is 11.5 Å². The molecular weight excluding hydrogens is 463 g/mol. The summed E-state index contributed by atoms with van der Waals surface area (Å²) in [5, 5.41) is 15.0. The Morgan fingerprint density at radius 2 is 1.81 bits per heavy atom. The highest BCUT2D eigenvalue weighted by atomic mass is 19.1. The second-order valence-electron chi connectivity index (χ2n) is 9.01. The Balaban J connectivity index is 1.18. The summed E-state index contributed by atoms with van der Waals surface area (Å²) in [5.41, 5.74) is 3.78. The summed E-state index contributed by atoms with van der Waals surface area (Å²) in [6.07, 6.45) is -0.242. The zero-order chi connectivity index (χ0) is 24.7. The maximum atomic E-state index is 13.4. The Labute approximate surface area is 209 Å². The molecule has 0 aromatic heterocycles. The minimum absolute atomic E-state index is 0.177. The van der Waals surface area contributed by atoms with E-state index in [4.69, 9.17) is 19.0 Å². The van der Waals surface area contributed by atoms with E-state index in [1.165, 1.54) is 12.1 Å². The molecule has 2 heterocycles. The van der Waals surface area contributed by atoms with Crippen molar-refractivity contribution in [2.75, 3.05) is 26.5 Å². The topological polar surface area (TPSA) is 72.8 Å². The van der Waals surface area contributed by atoms with E-state index in [9.17, 15) is 9.50 Å². The van der Waals surface area contributed by atoms with Gasteiger partial charge >= 0.3 is 0 Å². The maximum absolute atomic E-state index is 13.4. The molecule has 36 heavy (non-hydrogen) atoms. The lowest BCUT2D eigenvalue weighted by Crippen LogP contribution is -2.39. The molecule has 0 spiro atoms. The zero-order valence-electron chi connectivity index (χ0n) is 19.9. The first-order valence-corrected chi connectivity index (χ1v) is 12.0. The van der Waals surface area contributed by atoms with Crippen LogP contribution in [0.3, 0.4) is 0 Å². The predicted molar refractivity (Wildman–Crippen MR) is 132 cm³/mol. The number of aliphatic hydroxyl groups is 1. The third-order valence-electron chi connectivity index (χ3n) is 6.11. The first kappa shape index (κ1) is 24.2. The molecule has 0 fully saturated rings. The summed E-state index contributed by atoms with van der Waals surface area (Å²) in [7, 11) is 0. The minimum atomic E-state index is -0.690. The van der Waals surface area contributed by atoms with Gasteiger partial charge in [0.1, 0.15) is 11.9 Å². The number of nitrogens with zero attached hydrogens (tertiary/aromatic N) is 2. The Morgan fingerprint density at radius 1 is 1.00 bits per heavy atom. The Bertz CT molecular complexity index is 1170. The van der Waals surface area contributed by atoms with E-state index in [-0.39, 0.29) is 25.3 Å². The van der Waals surface area contributed by atoms with Crippen LogP contribution in [-0.2, 0) is 22.7 Å². The van der Waals surface area contributed by atoms with Gasteiger partial charge in [-0.05, 0) is 41.5 Å². The van der Waals surface area contributed by atoms with Crippen LogP contribution in [0.25, 0.3) is 0 Å². The van der Waals surface area contributed by atoms with E-state index in [1.807, 2.05) is 48.5 Å². The molecule has 0 saturated carbocycles. The lowest BCUT2D eigenvalue weighted by molar-refractivity contribution is -0.00649. The number of fused-ring (bicyclic) bond motifs is 1. The molecule has 7 nitrogen and oxygen atoms in total. The van der Waals surface area contributed by atoms with Crippen molar-refractivity contribution in [1.29, 1.82) is 0 Å². The summed E-state index contributed by atoms with van der Waals surface area (Å²) in [6.45, 7) is 2.33. The monoisotopic (exact) mass is 492 g/mol. The van der Waals surface area contributed by atoms with Crippen LogP contribution in [-0.4, -0.2) is 54.4 Å². The summed E-state index contributed by atoms with van der Waals surface area (Å²) in [6, 6.07) is 22.0. The number of aliphatic hydroxyl groups excluding tert-OH is 1. The molecule has 8 heteroatoms. The van der Waals surface area contributed by atoms with E-state index in [2.05, 4.69) is 10.1 Å². The number of benzene rings is 3. The van der Waals surface area contributed by atoms with Gasteiger partial charge in [0.05, 0.1) is 25.0 Å². The van der Waals surface area contributed by atoms with Crippen LogP contribution in [0, 0.1) is 5.82 Å². The number of hydrogen-bond donors (Lipinski definition) is 1. The molecule has 3 aromatic rings. The van der Waals surface area contributed by atoms with Crippen LogP contribution in [0.1, 0.15) is 23.1 Å². The highest BCUT2D eigenvalue weighted by Crippen LogP contribution is 2.33. The summed E-state index contributed by atoms with van der Waals surface area (Å²) >= 11 is 0. The van der Waals surface area contributed by atoms with Crippen molar-refractivity contribution in [3.05, 3.63) is 95.3 Å². The van der Waals surface area contributed by atoms with Crippen LogP contribution < -0.4 is 9.47 Å². The van der Waals surface area contributed by atoms with Gasteiger partial charge in [-0.3, -0.25) is 4.90 Å². The lowest BCUT2D eigenvalue weighted by atomic mass is 10.0. The molecule has 3 aromatic carbocycles. The lowest BCUT2D eigenvalue weighted by Gasteiger charge is -2.27. The Hall–Kier alpha value is -3.46. The zero-order valence-corrected chi connectivity index (χ0v) is 19.9. The number of halogens is 1. The first-order valence-electron chi connectivity index (χ1n) is 12.0. The second-order valence-corrected chi connectivity index (χ2v) is 9.01. The highest BCUT2D eigenvalue weighted by Gasteiger charge is 2.27. The fourth-order valence-corrected chi connectivity index (χ4v) is 4.35. The molecular formula is C28H29FN2O5. The van der Waals surface area contributed by atoms with Crippen LogP contribution in [0.4, 0.5) is 4.39 Å². The van der Waals surface area contributed by atoms with Crippen molar-refractivity contribution < 1.29 is 28.5 Å². The van der Waals surface area contributed by atoms with Crippen molar-refractivity contribution in [1.82, 2.24) is 4.90 Å². The van der Waals surface area contributed by atoms with Crippen molar-refractivity contribution in [3.63, 3.8) is 0 Å². The summed E-state index contributed by atoms with van der Waals surface area (Å²) < 4.78 is 30.0. The van der Waals surface area contributed by atoms with Gasteiger partial charge < -0.3 is 24.2 Å². The van der Waals surface area contributed by atoms with E-state index in [0.717, 1.165) is 28.2 Å². The normalized spacial score (nSPS) is 17.2. The molecule has 2 unspecified atom stereocenters. The number of oxime groups is 1. The van der Waals surface area contributed by atoms with Gasteiger partial charge in [0.2, 0.25) is 6.79 Å². The summed E-state index contributed by atoms with van der Waals surface area (Å²) in [4.78, 5) is 7.84. The van der Waals surface area contributed by atoms with Crippen LogP contribution in [0.15, 0.2) is 78.0 Å². The van der Waals surface area contributed by atoms with E-state index >= 15 is 0 Å². The molecule has 2 aliphatic rings. The predicted octanol–water partition coefficient (Wildman–Crippen LogP) is 4.13. The SMILES string of the molecule is OC(COCc1ccccc1)CN(Cc1ccc(F)cc1)CC1CC(c2ccc3c(c2)OCO3)=NO1. The molecule has 0 saturated heterocycles. The fourth-order valence-electron chi connectivity index (χ4n) is 4.35. The van der Waals surface area contributed by atoms with Gasteiger partial charge in [-0.25, -0.2) is 4.39 Å². The summed E-state index contributed by atoms with van der Waals surface area (Å²) in [5.74, 6) is 1.15. The van der Waals surface area contributed by atoms with Gasteiger partial charge in [0, 0.05) is 31.6 Å². The van der Waals surface area contributed by atoms with E-state index < -0.39 is 6.10 Å². The largest absolute Gasteiger partial charge is 0.454 e. The standard InChI is InChI=1S/C28H29FN2O5/c29-23-9-6-20(7-10-23)14-31(15-24(32)18-33-17-21-4-2-1-3-5-21)16-25-13-26(30-36-25)22-8-11-27-28(12-22)35-19-34-27/h1-12,24-25,32H,13-19H2. The molecule has 5 rings (SSSR count). The van der Waals surface area contributed by atoms with Gasteiger partial charge in [-0.1, -0.05) is 47.6 Å². The van der Waals surface area contributed by atoms with Crippen LogP contribution in [0.2, 0.25) is 0 Å². The first-order chi connectivity index (χ1) is 17.6. The smallest absolute Gasteiger partial charge is 0.231 e. The third-order valence-corrected chi connectivity index (χ3v) is 6.11. The molecule has 2 atom stereocenters. The molecule has 0 aliphatic carbocycles. The average molecular weight is 493 g/mol. The quantitative estimate of drug-likeness (QED) is 0.434. The van der Waals surface area contributed by atoms with Crippen LogP contribution in [0.5, 0.6) is 11.5 Å². The van der Waals surface area contributed by atoms with Crippen molar-refractivity contribution in [2.24, 2.45) is 5.16 Å². The van der Waals surface area contributed by atoms with E-state index in [1.54, 1.807) is 12.1 Å². The molecule has 0 radical (unpaired) electrons. The Morgan fingerprint density at radius 3 is 2.64 bits per heavy atom. The van der Waals surface area contributed by atoms with Crippen LogP contribution >= 0.6 is 0 Å². The Kier molecular flexibility index (Phi) is 7.76. The maximum Gasteiger partial charge on any atom is 0.231 e. The van der Waals surface area contributed by atoms with Gasteiger partial charge in [-0.2, -0.15) is 0 Å². The number of rotatable bonds is 11. The van der Waals surface area contributed by atoms with Gasteiger partial charge in [-0.15, -0.1) is 0 Å². The van der Waals surface area contributed by atoms with E-state index in [0.29, 0.717) is 38.4 Å². The molecule has 2 aliphatic heterocycles. The highest BCUT2D eigenvalue weighted by molar-refractivity contribution is 6.01. The van der Waals surface area contributed by atoms with Crippen molar-refractivity contribution >= 4 is 5.71 Å². The molecule has 0 amide bonds. The van der Waals surface area contributed by atoms with Gasteiger partial charge in [0.25, 0.3) is 0 Å². The fraction of sp³-hybridized carbons (Fsp3) is 0.321. The molecule has 1 N–H and O–H groups in total. The van der Waals surface area contributed by atoms with Gasteiger partial charge in [0.15, 0.2) is 11.5 Å². The molecule has 188 valence electrons. The van der Waals surface area contributed by atoms with Crippen molar-refractivity contribution in [2.45, 2.75) is 31.8 Å². The minimum Gasteiger partial charge on any atom is -0.454 e. The molecule has 0 bridgehead atoms. The second kappa shape index (κ2) is 11.5. The average Bonchev–Trinajstić information content (AvgIpc) is 3.55. The number of hydrogen-bond acceptors (Lipinski definition) is 7. The third kappa shape index (κ3) is 6.40. The number of ether oxygens (including phenoxy) is 3.